The molecule has 0 radical (unpaired) electrons. The molecule has 2 N–H and O–H groups in total. The van der Waals surface area contributed by atoms with Gasteiger partial charge in [0.1, 0.15) is 0 Å². The summed E-state index contributed by atoms with van der Waals surface area (Å²) in [6.45, 7) is 3.78. The molecule has 1 unspecified atom stereocenters. The zero-order chi connectivity index (χ0) is 10.8. The Hall–Kier alpha value is -0.610. The van der Waals surface area contributed by atoms with E-state index in [1.807, 2.05) is 6.92 Å². The van der Waals surface area contributed by atoms with Crippen LogP contribution in [0.15, 0.2) is 0 Å². The summed E-state index contributed by atoms with van der Waals surface area (Å²) in [6.07, 6.45) is 2.70. The highest BCUT2D eigenvalue weighted by molar-refractivity contribution is 5.76. The van der Waals surface area contributed by atoms with E-state index >= 15 is 0 Å². The van der Waals surface area contributed by atoms with E-state index in [2.05, 4.69) is 10.6 Å². The molecule has 84 valence electrons. The van der Waals surface area contributed by atoms with Gasteiger partial charge in [-0.25, -0.2) is 0 Å². The first-order valence-electron chi connectivity index (χ1n) is 5.13. The number of hydrogen-bond donors (Lipinski definition) is 2. The molecule has 0 heterocycles. The van der Waals surface area contributed by atoms with Crippen LogP contribution < -0.4 is 10.6 Å². The Morgan fingerprint density at radius 2 is 2.14 bits per heavy atom. The highest BCUT2D eigenvalue weighted by Crippen LogP contribution is 1.92. The van der Waals surface area contributed by atoms with Gasteiger partial charge < -0.3 is 15.4 Å². The molecule has 1 amide bonds. The molecule has 14 heavy (non-hydrogen) atoms. The van der Waals surface area contributed by atoms with Crippen LogP contribution in [0.5, 0.6) is 0 Å². The van der Waals surface area contributed by atoms with Crippen LogP contribution in [-0.4, -0.2) is 39.3 Å². The second-order valence-electron chi connectivity index (χ2n) is 3.43. The first kappa shape index (κ1) is 13.4. The first-order chi connectivity index (χ1) is 6.70. The lowest BCUT2D eigenvalue weighted by Gasteiger charge is -2.12. The number of unbranched alkanes of at least 4 members (excludes halogenated alkanes) is 1. The van der Waals surface area contributed by atoms with Gasteiger partial charge in [-0.05, 0) is 26.3 Å². The zero-order valence-corrected chi connectivity index (χ0v) is 9.43. The molecule has 0 aromatic heterocycles. The van der Waals surface area contributed by atoms with Gasteiger partial charge in [-0.2, -0.15) is 0 Å². The van der Waals surface area contributed by atoms with Gasteiger partial charge >= 0.3 is 0 Å². The van der Waals surface area contributed by atoms with Gasteiger partial charge in [0.25, 0.3) is 0 Å². The van der Waals surface area contributed by atoms with Crippen molar-refractivity contribution in [2.45, 2.75) is 32.2 Å². The second kappa shape index (κ2) is 8.97. The normalized spacial score (nSPS) is 12.5. The van der Waals surface area contributed by atoms with Crippen LogP contribution in [0.4, 0.5) is 0 Å². The Bertz CT molecular complexity index is 151. The van der Waals surface area contributed by atoms with Crippen LogP contribution >= 0.6 is 0 Å². The minimum atomic E-state index is 0.0851. The van der Waals surface area contributed by atoms with Crippen LogP contribution in [0, 0.1) is 0 Å². The molecule has 0 aromatic carbocycles. The predicted molar refractivity (Wildman–Crippen MR) is 57.3 cm³/mol. The highest BCUT2D eigenvalue weighted by atomic mass is 16.5. The van der Waals surface area contributed by atoms with Crippen molar-refractivity contribution < 1.29 is 9.53 Å². The lowest BCUT2D eigenvalue weighted by Crippen LogP contribution is -2.32. The summed E-state index contributed by atoms with van der Waals surface area (Å²) in [5.41, 5.74) is 0. The zero-order valence-electron chi connectivity index (χ0n) is 9.43. The van der Waals surface area contributed by atoms with Crippen LogP contribution in [-0.2, 0) is 9.53 Å². The summed E-state index contributed by atoms with van der Waals surface area (Å²) in [7, 11) is 3.37. The smallest absolute Gasteiger partial charge is 0.221 e. The molecule has 0 saturated heterocycles. The van der Waals surface area contributed by atoms with Gasteiger partial charge in [-0.1, -0.05) is 0 Å². The molecule has 0 saturated carbocycles. The Labute approximate surface area is 86.4 Å². The average molecular weight is 202 g/mol. The third kappa shape index (κ3) is 8.01. The maximum absolute atomic E-state index is 11.0. The number of nitrogens with one attached hydrogen (secondary N) is 2. The number of carbonyl (C=O) groups excluding carboxylic acids is 1. The third-order valence-electron chi connectivity index (χ3n) is 2.04. The molecule has 0 aliphatic carbocycles. The number of ether oxygens (including phenoxy) is 1. The van der Waals surface area contributed by atoms with Crippen molar-refractivity contribution in [3.05, 3.63) is 0 Å². The van der Waals surface area contributed by atoms with Crippen molar-refractivity contribution in [2.75, 3.05) is 27.3 Å². The number of hydrogen-bond acceptors (Lipinski definition) is 3. The lowest BCUT2D eigenvalue weighted by molar-refractivity contribution is -0.121. The molecule has 0 fully saturated rings. The van der Waals surface area contributed by atoms with Crippen LogP contribution in [0.2, 0.25) is 0 Å². The van der Waals surface area contributed by atoms with Crippen LogP contribution in [0.25, 0.3) is 0 Å². The summed E-state index contributed by atoms with van der Waals surface area (Å²) < 4.78 is 4.94. The second-order valence-corrected chi connectivity index (χ2v) is 3.43. The van der Waals surface area contributed by atoms with E-state index < -0.39 is 0 Å². The molecule has 0 bridgehead atoms. The number of amides is 1. The predicted octanol–water partition coefficient (Wildman–Crippen LogP) is 0.527. The largest absolute Gasteiger partial charge is 0.385 e. The van der Waals surface area contributed by atoms with Gasteiger partial charge in [-0.15, -0.1) is 0 Å². The van der Waals surface area contributed by atoms with Gasteiger partial charge in [0.2, 0.25) is 5.91 Å². The highest BCUT2D eigenvalue weighted by Gasteiger charge is 2.05. The maximum atomic E-state index is 11.0. The SMILES string of the molecule is CNC(=O)CC(C)NCCCCOC. The molecular formula is C10H22N2O2. The summed E-state index contributed by atoms with van der Waals surface area (Å²) >= 11 is 0. The van der Waals surface area contributed by atoms with Gasteiger partial charge in [-0.3, -0.25) is 4.79 Å². The Balaban J connectivity index is 3.26. The summed E-state index contributed by atoms with van der Waals surface area (Å²) in [4.78, 5) is 11.0. The van der Waals surface area contributed by atoms with Crippen molar-refractivity contribution in [3.8, 4) is 0 Å². The number of rotatable bonds is 8. The molecule has 0 spiro atoms. The van der Waals surface area contributed by atoms with Crippen molar-refractivity contribution in [1.29, 1.82) is 0 Å². The standard InChI is InChI=1S/C10H22N2O2/c1-9(8-10(13)11-2)12-6-4-5-7-14-3/h9,12H,4-8H2,1-3H3,(H,11,13). The molecule has 0 aliphatic rings. The first-order valence-corrected chi connectivity index (χ1v) is 5.13. The molecule has 0 aromatic rings. The van der Waals surface area contributed by atoms with Crippen molar-refractivity contribution in [2.24, 2.45) is 0 Å². The number of carbonyl (C=O) groups is 1. The van der Waals surface area contributed by atoms with E-state index in [-0.39, 0.29) is 11.9 Å². The number of methoxy groups -OCH3 is 1. The Morgan fingerprint density at radius 1 is 1.43 bits per heavy atom. The molecular weight excluding hydrogens is 180 g/mol. The minimum Gasteiger partial charge on any atom is -0.385 e. The maximum Gasteiger partial charge on any atom is 0.221 e. The molecule has 0 aliphatic heterocycles. The summed E-state index contributed by atoms with van der Waals surface area (Å²) in [6, 6.07) is 0.248. The molecule has 0 rings (SSSR count). The quantitative estimate of drug-likeness (QED) is 0.564. The van der Waals surface area contributed by atoms with E-state index in [4.69, 9.17) is 4.74 Å². The lowest BCUT2D eigenvalue weighted by atomic mass is 10.2. The molecule has 1 atom stereocenters. The van der Waals surface area contributed by atoms with Crippen molar-refractivity contribution in [3.63, 3.8) is 0 Å². The summed E-state index contributed by atoms with van der Waals surface area (Å²) in [5, 5.41) is 5.90. The van der Waals surface area contributed by atoms with Gasteiger partial charge in [0, 0.05) is 33.2 Å². The van der Waals surface area contributed by atoms with Crippen LogP contribution in [0.1, 0.15) is 26.2 Å². The fraction of sp³-hybridized carbons (Fsp3) is 0.900. The van der Waals surface area contributed by atoms with E-state index in [9.17, 15) is 4.79 Å². The topological polar surface area (TPSA) is 50.4 Å². The molecule has 4 heteroatoms. The van der Waals surface area contributed by atoms with Crippen LogP contribution in [0.3, 0.4) is 0 Å². The van der Waals surface area contributed by atoms with E-state index in [0.29, 0.717) is 6.42 Å². The summed E-state index contributed by atoms with van der Waals surface area (Å²) in [5.74, 6) is 0.0851. The van der Waals surface area contributed by atoms with Gasteiger partial charge in [0.05, 0.1) is 0 Å². The molecule has 4 nitrogen and oxygen atoms in total. The third-order valence-corrected chi connectivity index (χ3v) is 2.04. The Morgan fingerprint density at radius 3 is 2.71 bits per heavy atom. The van der Waals surface area contributed by atoms with E-state index in [0.717, 1.165) is 26.0 Å². The average Bonchev–Trinajstić information content (AvgIpc) is 2.17. The van der Waals surface area contributed by atoms with Crippen molar-refractivity contribution in [1.82, 2.24) is 10.6 Å². The van der Waals surface area contributed by atoms with E-state index in [1.54, 1.807) is 14.2 Å². The van der Waals surface area contributed by atoms with E-state index in [1.165, 1.54) is 0 Å². The fourth-order valence-corrected chi connectivity index (χ4v) is 1.17. The van der Waals surface area contributed by atoms with Crippen molar-refractivity contribution >= 4 is 5.91 Å². The minimum absolute atomic E-state index is 0.0851. The van der Waals surface area contributed by atoms with Gasteiger partial charge in [0.15, 0.2) is 0 Å². The fourth-order valence-electron chi connectivity index (χ4n) is 1.17. The Kier molecular flexibility index (Phi) is 8.57. The monoisotopic (exact) mass is 202 g/mol.